The number of fused-ring (bicyclic) bond motifs is 4. The lowest BCUT2D eigenvalue weighted by molar-refractivity contribution is -0.250. The first-order valence-corrected chi connectivity index (χ1v) is 17.7. The molecule has 0 radical (unpaired) electrons. The molecule has 0 atom stereocenters. The van der Waals surface area contributed by atoms with E-state index < -0.39 is 58.6 Å². The average Bonchev–Trinajstić information content (AvgIpc) is 3.21. The summed E-state index contributed by atoms with van der Waals surface area (Å²) in [6.07, 6.45) is 3.42. The standard InChI is InChI=1S/C44H42N2O8/c1-51-37(47)33-27-45(25-29-17-9-5-10-18-29)39-43(41(49)53-3,35(33)31-21-13-7-14-22-31)40-44(39,42(50)54-4)36(32-23-15-8-16-24-32)34(38(48)52-2)28-46(40)26-30-19-11-6-12-20-30/h5-24,27-28,35-36,39-40H,25-26H2,1-4H3/t35-,36+,39?,40?,43?,44?. The maximum Gasteiger partial charge on any atom is 0.335 e. The van der Waals surface area contributed by atoms with Gasteiger partial charge in [0.15, 0.2) is 0 Å². The van der Waals surface area contributed by atoms with Crippen LogP contribution in [-0.4, -0.2) is 74.2 Å². The molecular formula is C44H42N2O8. The van der Waals surface area contributed by atoms with Gasteiger partial charge in [0.2, 0.25) is 0 Å². The zero-order valence-corrected chi connectivity index (χ0v) is 30.6. The number of esters is 4. The minimum absolute atomic E-state index is 0.190. The third kappa shape index (κ3) is 5.47. The Kier molecular flexibility index (Phi) is 9.85. The second-order valence-electron chi connectivity index (χ2n) is 13.8. The van der Waals surface area contributed by atoms with Gasteiger partial charge in [0.25, 0.3) is 0 Å². The number of nitrogens with zero attached hydrogens (tertiary/aromatic N) is 2. The van der Waals surface area contributed by atoms with Gasteiger partial charge in [-0.05, 0) is 22.3 Å². The van der Waals surface area contributed by atoms with Crippen LogP contribution in [0.1, 0.15) is 34.1 Å². The van der Waals surface area contributed by atoms with Crippen LogP contribution < -0.4 is 0 Å². The van der Waals surface area contributed by atoms with Crippen LogP contribution in [0.3, 0.4) is 0 Å². The number of hydrogen-bond acceptors (Lipinski definition) is 10. The number of methoxy groups -OCH3 is 4. The predicted molar refractivity (Wildman–Crippen MR) is 199 cm³/mol. The molecule has 0 amide bonds. The first-order valence-electron chi connectivity index (χ1n) is 17.7. The minimum atomic E-state index is -1.66. The number of rotatable bonds is 10. The Morgan fingerprint density at radius 2 is 0.796 bits per heavy atom. The highest BCUT2D eigenvalue weighted by atomic mass is 16.5. The summed E-state index contributed by atoms with van der Waals surface area (Å²) < 4.78 is 22.6. The highest BCUT2D eigenvalue weighted by molar-refractivity contribution is 6.01. The van der Waals surface area contributed by atoms with E-state index in [1.54, 1.807) is 12.4 Å². The first kappa shape index (κ1) is 36.2. The normalized spacial score (nSPS) is 25.4. The van der Waals surface area contributed by atoms with Gasteiger partial charge >= 0.3 is 23.9 Å². The van der Waals surface area contributed by atoms with Gasteiger partial charge in [-0.15, -0.1) is 0 Å². The summed E-state index contributed by atoms with van der Waals surface area (Å²) in [5.41, 5.74) is 0.152. The molecule has 2 aliphatic heterocycles. The molecule has 4 aromatic carbocycles. The zero-order valence-electron chi connectivity index (χ0n) is 30.6. The molecule has 276 valence electrons. The molecule has 1 fully saturated rings. The lowest BCUT2D eigenvalue weighted by atomic mass is 9.33. The summed E-state index contributed by atoms with van der Waals surface area (Å²) in [6, 6.07) is 35.6. The number of ether oxygens (including phenoxy) is 4. The summed E-state index contributed by atoms with van der Waals surface area (Å²) in [5, 5.41) is 0. The van der Waals surface area contributed by atoms with Crippen molar-refractivity contribution in [2.24, 2.45) is 10.8 Å². The lowest BCUT2D eigenvalue weighted by Crippen LogP contribution is -2.88. The molecule has 1 saturated carbocycles. The van der Waals surface area contributed by atoms with Gasteiger partial charge in [0.05, 0.1) is 51.7 Å². The summed E-state index contributed by atoms with van der Waals surface area (Å²) >= 11 is 0. The van der Waals surface area contributed by atoms with E-state index in [4.69, 9.17) is 18.9 Å². The third-order valence-corrected chi connectivity index (χ3v) is 11.3. The summed E-state index contributed by atoms with van der Waals surface area (Å²) in [6.45, 7) is 0.379. The Bertz CT molecular complexity index is 1930. The molecule has 0 N–H and O–H groups in total. The predicted octanol–water partition coefficient (Wildman–Crippen LogP) is 5.77. The fourth-order valence-electron chi connectivity index (χ4n) is 9.57. The molecule has 0 saturated heterocycles. The van der Waals surface area contributed by atoms with E-state index in [1.807, 2.05) is 131 Å². The Morgan fingerprint density at radius 1 is 0.481 bits per heavy atom. The summed E-state index contributed by atoms with van der Waals surface area (Å²) in [5.74, 6) is -4.43. The Balaban J connectivity index is 1.65. The van der Waals surface area contributed by atoms with E-state index in [0.29, 0.717) is 11.1 Å². The number of benzene rings is 4. The average molecular weight is 727 g/mol. The molecule has 7 rings (SSSR count). The van der Waals surface area contributed by atoms with Crippen LogP contribution in [0.4, 0.5) is 0 Å². The lowest BCUT2D eigenvalue weighted by Gasteiger charge is -2.75. The van der Waals surface area contributed by atoms with Gasteiger partial charge in [-0.3, -0.25) is 9.59 Å². The molecule has 10 nitrogen and oxygen atoms in total. The van der Waals surface area contributed by atoms with Crippen LogP contribution in [0.25, 0.3) is 0 Å². The second-order valence-corrected chi connectivity index (χ2v) is 13.8. The van der Waals surface area contributed by atoms with Crippen molar-refractivity contribution in [3.05, 3.63) is 167 Å². The molecule has 10 heteroatoms. The molecule has 54 heavy (non-hydrogen) atoms. The largest absolute Gasteiger partial charge is 0.468 e. The van der Waals surface area contributed by atoms with Crippen molar-refractivity contribution in [3.63, 3.8) is 0 Å². The maximum absolute atomic E-state index is 15.3. The van der Waals surface area contributed by atoms with Crippen molar-refractivity contribution < 1.29 is 38.1 Å². The van der Waals surface area contributed by atoms with Gasteiger partial charge in [-0.25, -0.2) is 9.59 Å². The zero-order chi connectivity index (χ0) is 38.0. The topological polar surface area (TPSA) is 112 Å². The summed E-state index contributed by atoms with van der Waals surface area (Å²) in [7, 11) is 5.26. The molecule has 0 unspecified atom stereocenters. The highest BCUT2D eigenvalue weighted by Gasteiger charge is 2.87. The minimum Gasteiger partial charge on any atom is -0.468 e. The fourth-order valence-corrected chi connectivity index (χ4v) is 9.57. The second kappa shape index (κ2) is 14.7. The van der Waals surface area contributed by atoms with Gasteiger partial charge in [0.1, 0.15) is 10.8 Å². The smallest absolute Gasteiger partial charge is 0.335 e. The molecular weight excluding hydrogens is 684 g/mol. The molecule has 2 heterocycles. The molecule has 1 aliphatic carbocycles. The Hall–Kier alpha value is -6.16. The quantitative estimate of drug-likeness (QED) is 0.148. The number of hydrogen-bond donors (Lipinski definition) is 0. The number of carbonyl (C=O) groups is 4. The maximum atomic E-state index is 15.3. The number of carbonyl (C=O) groups excluding carboxylic acids is 4. The first-order chi connectivity index (χ1) is 26.3. The SMILES string of the molecule is COC(=O)C1=CN(Cc2ccccc2)C2C(C(=O)OC)(C3N(Cc4ccccc4)C=C(C(=O)OC)[C@H](c4ccccc4)C23C(=O)OC)[C@@H]1c1ccccc1. The molecule has 0 bridgehead atoms. The van der Waals surface area contributed by atoms with Gasteiger partial charge in [-0.2, -0.15) is 0 Å². The van der Waals surface area contributed by atoms with Gasteiger partial charge in [0, 0.05) is 37.3 Å². The monoisotopic (exact) mass is 726 g/mol. The van der Waals surface area contributed by atoms with Crippen molar-refractivity contribution in [1.29, 1.82) is 0 Å². The van der Waals surface area contributed by atoms with E-state index in [0.717, 1.165) is 11.1 Å². The fraction of sp³-hybridized carbons (Fsp3) is 0.273. The van der Waals surface area contributed by atoms with Crippen molar-refractivity contribution >= 4 is 23.9 Å². The van der Waals surface area contributed by atoms with Gasteiger partial charge in [-0.1, -0.05) is 121 Å². The van der Waals surface area contributed by atoms with Crippen LogP contribution in [0.2, 0.25) is 0 Å². The molecule has 4 aromatic rings. The van der Waals surface area contributed by atoms with E-state index >= 15 is 9.59 Å². The van der Waals surface area contributed by atoms with Crippen molar-refractivity contribution in [3.8, 4) is 0 Å². The van der Waals surface area contributed by atoms with Crippen LogP contribution in [-0.2, 0) is 51.2 Å². The summed E-state index contributed by atoms with van der Waals surface area (Å²) in [4.78, 5) is 62.5. The Morgan fingerprint density at radius 3 is 1.09 bits per heavy atom. The molecule has 0 aromatic heterocycles. The van der Waals surface area contributed by atoms with E-state index in [2.05, 4.69) is 0 Å². The van der Waals surface area contributed by atoms with Crippen LogP contribution >= 0.6 is 0 Å². The van der Waals surface area contributed by atoms with E-state index in [9.17, 15) is 9.59 Å². The van der Waals surface area contributed by atoms with E-state index in [-0.39, 0.29) is 24.2 Å². The molecule has 3 aliphatic rings. The van der Waals surface area contributed by atoms with Crippen molar-refractivity contribution in [2.75, 3.05) is 28.4 Å². The van der Waals surface area contributed by atoms with Crippen molar-refractivity contribution in [1.82, 2.24) is 9.80 Å². The van der Waals surface area contributed by atoms with Crippen LogP contribution in [0.5, 0.6) is 0 Å². The van der Waals surface area contributed by atoms with E-state index in [1.165, 1.54) is 28.4 Å². The Labute approximate surface area is 314 Å². The third-order valence-electron chi connectivity index (χ3n) is 11.3. The van der Waals surface area contributed by atoms with Crippen LogP contribution in [0, 0.1) is 10.8 Å². The van der Waals surface area contributed by atoms with Gasteiger partial charge < -0.3 is 28.7 Å². The molecule has 0 spiro atoms. The van der Waals surface area contributed by atoms with Crippen molar-refractivity contribution in [2.45, 2.75) is 37.0 Å². The van der Waals surface area contributed by atoms with Crippen LogP contribution in [0.15, 0.2) is 145 Å². The highest BCUT2D eigenvalue weighted by Crippen LogP contribution is 2.75.